The molecule has 0 aromatic carbocycles. The van der Waals surface area contributed by atoms with Crippen molar-refractivity contribution in [1.82, 2.24) is 10.2 Å². The van der Waals surface area contributed by atoms with Crippen LogP contribution >= 0.6 is 0 Å². The van der Waals surface area contributed by atoms with Gasteiger partial charge in [0.2, 0.25) is 0 Å². The van der Waals surface area contributed by atoms with E-state index in [1.165, 1.54) is 5.56 Å². The molecule has 1 aliphatic rings. The maximum absolute atomic E-state index is 5.45. The highest BCUT2D eigenvalue weighted by atomic mass is 16.3. The molecule has 3 heteroatoms. The first kappa shape index (κ1) is 9.74. The summed E-state index contributed by atoms with van der Waals surface area (Å²) in [6.45, 7) is 8.59. The first-order valence-corrected chi connectivity index (χ1v) is 5.25. The summed E-state index contributed by atoms with van der Waals surface area (Å²) in [5, 5.41) is 3.39. The Kier molecular flexibility index (Phi) is 2.89. The van der Waals surface area contributed by atoms with E-state index in [0.717, 1.165) is 31.9 Å². The van der Waals surface area contributed by atoms with Crippen LogP contribution in [0.25, 0.3) is 0 Å². The summed E-state index contributed by atoms with van der Waals surface area (Å²) in [6, 6.07) is 2.63. The van der Waals surface area contributed by atoms with E-state index in [9.17, 15) is 0 Å². The van der Waals surface area contributed by atoms with Crippen molar-refractivity contribution in [2.75, 3.05) is 19.6 Å². The zero-order valence-electron chi connectivity index (χ0n) is 8.92. The second-order valence-corrected chi connectivity index (χ2v) is 4.05. The third-order valence-electron chi connectivity index (χ3n) is 2.95. The van der Waals surface area contributed by atoms with Gasteiger partial charge in [-0.2, -0.15) is 0 Å². The van der Waals surface area contributed by atoms with E-state index in [1.807, 2.05) is 6.07 Å². The molecule has 0 bridgehead atoms. The Bertz CT molecular complexity index is 295. The Labute approximate surface area is 85.1 Å². The van der Waals surface area contributed by atoms with Crippen molar-refractivity contribution in [1.29, 1.82) is 0 Å². The molecule has 1 saturated heterocycles. The number of furan rings is 1. The van der Waals surface area contributed by atoms with E-state index in [-0.39, 0.29) is 0 Å². The molecule has 2 heterocycles. The Balaban J connectivity index is 1.99. The summed E-state index contributed by atoms with van der Waals surface area (Å²) in [4.78, 5) is 2.46. The lowest BCUT2D eigenvalue weighted by molar-refractivity contribution is 0.153. The molecule has 1 fully saturated rings. The maximum Gasteiger partial charge on any atom is 0.120 e. The van der Waals surface area contributed by atoms with Gasteiger partial charge in [-0.05, 0) is 25.5 Å². The number of hydrogen-bond donors (Lipinski definition) is 1. The van der Waals surface area contributed by atoms with Gasteiger partial charge in [-0.1, -0.05) is 0 Å². The predicted molar refractivity (Wildman–Crippen MR) is 56.2 cm³/mol. The smallest absolute Gasteiger partial charge is 0.120 e. The number of aryl methyl sites for hydroxylation is 1. The zero-order valence-corrected chi connectivity index (χ0v) is 8.92. The van der Waals surface area contributed by atoms with Gasteiger partial charge in [-0.25, -0.2) is 0 Å². The highest BCUT2D eigenvalue weighted by Crippen LogP contribution is 2.14. The average Bonchev–Trinajstić information content (AvgIpc) is 2.56. The lowest BCUT2D eigenvalue weighted by Gasteiger charge is -2.33. The molecule has 1 unspecified atom stereocenters. The number of hydrogen-bond acceptors (Lipinski definition) is 3. The molecule has 0 radical (unpaired) electrons. The third kappa shape index (κ3) is 1.99. The summed E-state index contributed by atoms with van der Waals surface area (Å²) in [5.74, 6) is 1.11. The minimum atomic E-state index is 0.605. The highest BCUT2D eigenvalue weighted by molar-refractivity contribution is 5.14. The topological polar surface area (TPSA) is 28.4 Å². The molecule has 3 nitrogen and oxygen atoms in total. The fourth-order valence-electron chi connectivity index (χ4n) is 1.87. The third-order valence-corrected chi connectivity index (χ3v) is 2.95. The van der Waals surface area contributed by atoms with Crippen LogP contribution in [0.4, 0.5) is 0 Å². The van der Waals surface area contributed by atoms with Crippen LogP contribution in [0.2, 0.25) is 0 Å². The summed E-state index contributed by atoms with van der Waals surface area (Å²) in [5.41, 5.74) is 1.26. The van der Waals surface area contributed by atoms with E-state index in [2.05, 4.69) is 24.1 Å². The summed E-state index contributed by atoms with van der Waals surface area (Å²) in [6.07, 6.45) is 1.78. The molecular formula is C11H18N2O. The normalized spacial score (nSPS) is 24.0. The van der Waals surface area contributed by atoms with Crippen LogP contribution in [0, 0.1) is 6.92 Å². The van der Waals surface area contributed by atoms with Gasteiger partial charge in [-0.15, -0.1) is 0 Å². The molecule has 1 aliphatic heterocycles. The first-order valence-electron chi connectivity index (χ1n) is 5.25. The SMILES string of the molecule is Cc1ccoc1CN1CCNCC1C. The van der Waals surface area contributed by atoms with Gasteiger partial charge in [-0.3, -0.25) is 4.90 Å². The summed E-state index contributed by atoms with van der Waals surface area (Å²) < 4.78 is 5.45. The van der Waals surface area contributed by atoms with Gasteiger partial charge < -0.3 is 9.73 Å². The minimum absolute atomic E-state index is 0.605. The van der Waals surface area contributed by atoms with Gasteiger partial charge >= 0.3 is 0 Å². The molecule has 1 atom stereocenters. The molecular weight excluding hydrogens is 176 g/mol. The van der Waals surface area contributed by atoms with Crippen molar-refractivity contribution in [2.24, 2.45) is 0 Å². The largest absolute Gasteiger partial charge is 0.468 e. The van der Waals surface area contributed by atoms with Crippen LogP contribution in [-0.4, -0.2) is 30.6 Å². The Morgan fingerprint density at radius 2 is 2.50 bits per heavy atom. The van der Waals surface area contributed by atoms with Gasteiger partial charge in [0.05, 0.1) is 12.8 Å². The molecule has 0 aliphatic carbocycles. The van der Waals surface area contributed by atoms with Gasteiger partial charge in [0, 0.05) is 25.7 Å². The molecule has 2 rings (SSSR count). The van der Waals surface area contributed by atoms with Gasteiger partial charge in [0.15, 0.2) is 0 Å². The highest BCUT2D eigenvalue weighted by Gasteiger charge is 2.19. The lowest BCUT2D eigenvalue weighted by Crippen LogP contribution is -2.49. The van der Waals surface area contributed by atoms with E-state index >= 15 is 0 Å². The molecule has 1 N–H and O–H groups in total. The van der Waals surface area contributed by atoms with Crippen LogP contribution < -0.4 is 5.32 Å². The summed E-state index contributed by atoms with van der Waals surface area (Å²) >= 11 is 0. The van der Waals surface area contributed by atoms with Crippen molar-refractivity contribution in [2.45, 2.75) is 26.4 Å². The minimum Gasteiger partial charge on any atom is -0.468 e. The standard InChI is InChI=1S/C11H18N2O/c1-9-3-6-14-11(9)8-13-5-4-12-7-10(13)2/h3,6,10,12H,4-5,7-8H2,1-2H3. The number of rotatable bonds is 2. The number of nitrogens with one attached hydrogen (secondary N) is 1. The second-order valence-electron chi connectivity index (χ2n) is 4.05. The zero-order chi connectivity index (χ0) is 9.97. The van der Waals surface area contributed by atoms with E-state index in [4.69, 9.17) is 4.42 Å². The monoisotopic (exact) mass is 194 g/mol. The van der Waals surface area contributed by atoms with Crippen molar-refractivity contribution in [3.05, 3.63) is 23.7 Å². The van der Waals surface area contributed by atoms with Gasteiger partial charge in [0.1, 0.15) is 5.76 Å². The maximum atomic E-state index is 5.45. The van der Waals surface area contributed by atoms with E-state index < -0.39 is 0 Å². The molecule has 14 heavy (non-hydrogen) atoms. The van der Waals surface area contributed by atoms with Crippen LogP contribution in [0.1, 0.15) is 18.2 Å². The molecule has 0 amide bonds. The molecule has 78 valence electrons. The fraction of sp³-hybridized carbons (Fsp3) is 0.636. The Morgan fingerprint density at radius 1 is 1.64 bits per heavy atom. The van der Waals surface area contributed by atoms with Crippen LogP contribution in [-0.2, 0) is 6.54 Å². The van der Waals surface area contributed by atoms with Gasteiger partial charge in [0.25, 0.3) is 0 Å². The van der Waals surface area contributed by atoms with Crippen LogP contribution in [0.5, 0.6) is 0 Å². The summed E-state index contributed by atoms with van der Waals surface area (Å²) in [7, 11) is 0. The van der Waals surface area contributed by atoms with Crippen molar-refractivity contribution in [3.63, 3.8) is 0 Å². The van der Waals surface area contributed by atoms with Crippen LogP contribution in [0.15, 0.2) is 16.7 Å². The Morgan fingerprint density at radius 3 is 3.14 bits per heavy atom. The number of piperazine rings is 1. The fourth-order valence-corrected chi connectivity index (χ4v) is 1.87. The molecule has 0 spiro atoms. The Hall–Kier alpha value is -0.800. The van der Waals surface area contributed by atoms with Crippen molar-refractivity contribution in [3.8, 4) is 0 Å². The quantitative estimate of drug-likeness (QED) is 0.771. The second kappa shape index (κ2) is 4.15. The number of nitrogens with zero attached hydrogens (tertiary/aromatic N) is 1. The van der Waals surface area contributed by atoms with E-state index in [1.54, 1.807) is 6.26 Å². The average molecular weight is 194 g/mol. The van der Waals surface area contributed by atoms with Crippen molar-refractivity contribution >= 4 is 0 Å². The molecule has 1 aromatic heterocycles. The van der Waals surface area contributed by atoms with E-state index in [0.29, 0.717) is 6.04 Å². The molecule has 0 saturated carbocycles. The van der Waals surface area contributed by atoms with Crippen molar-refractivity contribution < 1.29 is 4.42 Å². The predicted octanol–water partition coefficient (Wildman–Crippen LogP) is 1.38. The van der Waals surface area contributed by atoms with Crippen LogP contribution in [0.3, 0.4) is 0 Å². The lowest BCUT2D eigenvalue weighted by atomic mass is 10.2. The molecule has 1 aromatic rings. The first-order chi connectivity index (χ1) is 6.77.